The number of aromatic nitrogens is 3. The molecule has 9 heteroatoms. The summed E-state index contributed by atoms with van der Waals surface area (Å²) in [6.45, 7) is -1.46. The monoisotopic (exact) mass is 278 g/mol. The van der Waals surface area contributed by atoms with Gasteiger partial charge in [-0.3, -0.25) is 4.40 Å². The van der Waals surface area contributed by atoms with Crippen molar-refractivity contribution in [3.63, 3.8) is 0 Å². The van der Waals surface area contributed by atoms with Crippen molar-refractivity contribution in [3.8, 4) is 5.88 Å². The van der Waals surface area contributed by atoms with Gasteiger partial charge in [0.15, 0.2) is 6.61 Å². The molecule has 0 saturated carbocycles. The summed E-state index contributed by atoms with van der Waals surface area (Å²) >= 11 is 0. The van der Waals surface area contributed by atoms with Gasteiger partial charge in [-0.1, -0.05) is 0 Å². The molecule has 0 radical (unpaired) electrons. The molecule has 0 aliphatic heterocycles. The molecule has 0 saturated heterocycles. The molecule has 19 heavy (non-hydrogen) atoms. The van der Waals surface area contributed by atoms with Gasteiger partial charge in [0, 0.05) is 19.4 Å². The first-order chi connectivity index (χ1) is 8.94. The van der Waals surface area contributed by atoms with E-state index >= 15 is 0 Å². The Morgan fingerprint density at radius 2 is 2.21 bits per heavy atom. The van der Waals surface area contributed by atoms with Crippen molar-refractivity contribution in [2.45, 2.75) is 12.3 Å². The van der Waals surface area contributed by atoms with Crippen molar-refractivity contribution in [1.29, 1.82) is 0 Å². The number of hydrogen-bond donors (Lipinski definition) is 1. The SMILES string of the molecule is CNc1cn2ccnc2c(OCC(F)(F)C(F)F)n1. The average molecular weight is 278 g/mol. The van der Waals surface area contributed by atoms with Crippen molar-refractivity contribution in [1.82, 2.24) is 14.4 Å². The number of alkyl halides is 4. The Morgan fingerprint density at radius 3 is 2.84 bits per heavy atom. The van der Waals surface area contributed by atoms with Crippen LogP contribution in [-0.4, -0.2) is 40.4 Å². The van der Waals surface area contributed by atoms with Crippen LogP contribution in [0, 0.1) is 0 Å². The molecule has 2 aromatic heterocycles. The van der Waals surface area contributed by atoms with E-state index in [1.807, 2.05) is 0 Å². The van der Waals surface area contributed by atoms with Gasteiger partial charge in [-0.2, -0.15) is 13.8 Å². The van der Waals surface area contributed by atoms with Gasteiger partial charge in [0.1, 0.15) is 5.82 Å². The van der Waals surface area contributed by atoms with Crippen molar-refractivity contribution in [2.24, 2.45) is 0 Å². The van der Waals surface area contributed by atoms with E-state index in [0.717, 1.165) is 0 Å². The summed E-state index contributed by atoms with van der Waals surface area (Å²) in [6, 6.07) is 0. The van der Waals surface area contributed by atoms with Crippen LogP contribution in [-0.2, 0) is 0 Å². The minimum atomic E-state index is -4.24. The number of halogens is 4. The lowest BCUT2D eigenvalue weighted by Crippen LogP contribution is -2.34. The third kappa shape index (κ3) is 2.69. The van der Waals surface area contributed by atoms with Gasteiger partial charge < -0.3 is 10.1 Å². The van der Waals surface area contributed by atoms with E-state index in [9.17, 15) is 17.6 Å². The van der Waals surface area contributed by atoms with Crippen LogP contribution in [0.15, 0.2) is 18.6 Å². The highest BCUT2D eigenvalue weighted by atomic mass is 19.3. The predicted molar refractivity (Wildman–Crippen MR) is 59.0 cm³/mol. The fourth-order valence-corrected chi connectivity index (χ4v) is 1.35. The number of imidazole rings is 1. The molecule has 0 bridgehead atoms. The molecule has 0 aliphatic rings. The molecule has 0 amide bonds. The smallest absolute Gasteiger partial charge is 0.340 e. The Labute approximate surface area is 105 Å². The van der Waals surface area contributed by atoms with E-state index in [1.54, 1.807) is 19.4 Å². The fraction of sp³-hybridized carbons (Fsp3) is 0.400. The number of rotatable bonds is 5. The minimum absolute atomic E-state index is 0.170. The molecule has 104 valence electrons. The van der Waals surface area contributed by atoms with Crippen LogP contribution in [0.5, 0.6) is 5.88 Å². The Balaban J connectivity index is 2.27. The minimum Gasteiger partial charge on any atom is -0.468 e. The molecule has 2 rings (SSSR count). The summed E-state index contributed by atoms with van der Waals surface area (Å²) in [7, 11) is 1.57. The van der Waals surface area contributed by atoms with E-state index < -0.39 is 19.0 Å². The number of fused-ring (bicyclic) bond motifs is 1. The number of nitrogens with one attached hydrogen (secondary N) is 1. The molecule has 0 fully saturated rings. The molecule has 2 aromatic rings. The summed E-state index contributed by atoms with van der Waals surface area (Å²) in [6.07, 6.45) is 0.723. The first kappa shape index (κ1) is 13.4. The van der Waals surface area contributed by atoms with Crippen LogP contribution in [0.1, 0.15) is 0 Å². The normalized spacial score (nSPS) is 12.1. The lowest BCUT2D eigenvalue weighted by Gasteiger charge is -2.16. The third-order valence-electron chi connectivity index (χ3n) is 2.32. The Morgan fingerprint density at radius 1 is 1.47 bits per heavy atom. The first-order valence-corrected chi connectivity index (χ1v) is 5.24. The van der Waals surface area contributed by atoms with Crippen molar-refractivity contribution < 1.29 is 22.3 Å². The second-order valence-electron chi connectivity index (χ2n) is 3.69. The Kier molecular flexibility index (Phi) is 3.45. The standard InChI is InChI=1S/C10H10F4N4O/c1-15-6-4-18-3-2-16-7(18)8(17-6)19-5-10(13,14)9(11)12/h2-4,9,15H,5H2,1H3. The van der Waals surface area contributed by atoms with E-state index in [2.05, 4.69) is 20.0 Å². The van der Waals surface area contributed by atoms with Gasteiger partial charge in [-0.15, -0.1) is 0 Å². The summed E-state index contributed by atoms with van der Waals surface area (Å²) < 4.78 is 55.8. The van der Waals surface area contributed by atoms with Crippen LogP contribution in [0.4, 0.5) is 23.4 Å². The first-order valence-electron chi connectivity index (χ1n) is 5.24. The van der Waals surface area contributed by atoms with Gasteiger partial charge >= 0.3 is 12.3 Å². The molecule has 0 unspecified atom stereocenters. The quantitative estimate of drug-likeness (QED) is 0.850. The number of anilines is 1. The van der Waals surface area contributed by atoms with Gasteiger partial charge in [0.25, 0.3) is 5.88 Å². The third-order valence-corrected chi connectivity index (χ3v) is 2.32. The zero-order chi connectivity index (χ0) is 14.0. The summed E-state index contributed by atoms with van der Waals surface area (Å²) in [4.78, 5) is 7.71. The largest absolute Gasteiger partial charge is 0.468 e. The van der Waals surface area contributed by atoms with Gasteiger partial charge in [0.05, 0.1) is 6.20 Å². The van der Waals surface area contributed by atoms with E-state index in [4.69, 9.17) is 0 Å². The maximum Gasteiger partial charge on any atom is 0.340 e. The van der Waals surface area contributed by atoms with Gasteiger partial charge in [-0.05, 0) is 0 Å². The van der Waals surface area contributed by atoms with Gasteiger partial charge in [0.2, 0.25) is 5.65 Å². The van der Waals surface area contributed by atoms with Crippen LogP contribution in [0.2, 0.25) is 0 Å². The second-order valence-corrected chi connectivity index (χ2v) is 3.69. The van der Waals surface area contributed by atoms with Gasteiger partial charge in [-0.25, -0.2) is 13.8 Å². The van der Waals surface area contributed by atoms with Crippen molar-refractivity contribution in [2.75, 3.05) is 19.0 Å². The van der Waals surface area contributed by atoms with Crippen molar-refractivity contribution in [3.05, 3.63) is 18.6 Å². The second kappa shape index (κ2) is 4.90. The average Bonchev–Trinajstić information content (AvgIpc) is 2.83. The number of nitrogens with zero attached hydrogens (tertiary/aromatic N) is 3. The lowest BCUT2D eigenvalue weighted by atomic mass is 10.4. The molecule has 0 atom stereocenters. The highest BCUT2D eigenvalue weighted by Crippen LogP contribution is 2.25. The Bertz CT molecular complexity index is 572. The molecule has 0 aliphatic carbocycles. The summed E-state index contributed by atoms with van der Waals surface area (Å²) in [5.41, 5.74) is 0.170. The van der Waals surface area contributed by atoms with E-state index in [1.165, 1.54) is 10.6 Å². The fourth-order valence-electron chi connectivity index (χ4n) is 1.35. The van der Waals surface area contributed by atoms with Crippen LogP contribution >= 0.6 is 0 Å². The van der Waals surface area contributed by atoms with E-state index in [0.29, 0.717) is 5.82 Å². The summed E-state index contributed by atoms with van der Waals surface area (Å²) in [5, 5.41) is 2.69. The maximum absolute atomic E-state index is 12.8. The topological polar surface area (TPSA) is 51.5 Å². The van der Waals surface area contributed by atoms with Crippen LogP contribution < -0.4 is 10.1 Å². The molecule has 0 aromatic carbocycles. The molecule has 0 spiro atoms. The predicted octanol–water partition coefficient (Wildman–Crippen LogP) is 2.05. The molecule has 2 heterocycles. The molecular weight excluding hydrogens is 268 g/mol. The molecular formula is C10H10F4N4O. The Hall–Kier alpha value is -2.06. The van der Waals surface area contributed by atoms with Crippen LogP contribution in [0.3, 0.4) is 0 Å². The number of ether oxygens (including phenoxy) is 1. The summed E-state index contributed by atoms with van der Waals surface area (Å²) in [5.74, 6) is -4.14. The van der Waals surface area contributed by atoms with Crippen LogP contribution in [0.25, 0.3) is 5.65 Å². The van der Waals surface area contributed by atoms with E-state index in [-0.39, 0.29) is 11.5 Å². The highest BCUT2D eigenvalue weighted by Gasteiger charge is 2.42. The molecule has 1 N–H and O–H groups in total. The van der Waals surface area contributed by atoms with Crippen molar-refractivity contribution >= 4 is 11.5 Å². The zero-order valence-electron chi connectivity index (χ0n) is 9.78. The maximum atomic E-state index is 12.8. The lowest BCUT2D eigenvalue weighted by molar-refractivity contribution is -0.148. The molecule has 5 nitrogen and oxygen atoms in total. The zero-order valence-corrected chi connectivity index (χ0v) is 9.78. The number of hydrogen-bond acceptors (Lipinski definition) is 4. The highest BCUT2D eigenvalue weighted by molar-refractivity contribution is 5.53.